The summed E-state index contributed by atoms with van der Waals surface area (Å²) < 4.78 is 5.35. The largest absolute Gasteiger partial charge is 0.444 e. The number of nitrogens with one attached hydrogen (secondary N) is 1. The monoisotopic (exact) mass is 312 g/mol. The van der Waals surface area contributed by atoms with E-state index in [1.54, 1.807) is 4.90 Å². The Hall–Kier alpha value is -0.770. The zero-order chi connectivity index (χ0) is 16.8. The molecular weight excluding hydrogens is 276 g/mol. The first-order valence-electron chi connectivity index (χ1n) is 8.86. The van der Waals surface area contributed by atoms with Crippen molar-refractivity contribution < 1.29 is 9.53 Å². The molecule has 1 fully saturated rings. The second-order valence-corrected chi connectivity index (χ2v) is 8.07. The number of hydrogen-bond donors (Lipinski definition) is 1. The fraction of sp³-hybridized carbons (Fsp3) is 0.944. The minimum Gasteiger partial charge on any atom is -0.444 e. The first kappa shape index (κ1) is 19.3. The first-order valence-corrected chi connectivity index (χ1v) is 8.86. The average molecular weight is 312 g/mol. The van der Waals surface area contributed by atoms with Crippen LogP contribution in [0.4, 0.5) is 4.79 Å². The van der Waals surface area contributed by atoms with Crippen LogP contribution < -0.4 is 5.32 Å². The standard InChI is InChI=1S/C18H36N2O2/c1-14(2)15-8-10-16(11-9-15)19-12-7-13-20(6)17(21)22-18(3,4)5/h14-16,19H,7-13H2,1-6H3. The van der Waals surface area contributed by atoms with Crippen LogP contribution in [0.5, 0.6) is 0 Å². The summed E-state index contributed by atoms with van der Waals surface area (Å²) in [6, 6.07) is 0.668. The van der Waals surface area contributed by atoms with E-state index in [0.717, 1.165) is 31.3 Å². The molecule has 22 heavy (non-hydrogen) atoms. The predicted molar refractivity (Wildman–Crippen MR) is 92.1 cm³/mol. The molecule has 0 radical (unpaired) electrons. The van der Waals surface area contributed by atoms with E-state index in [1.165, 1.54) is 25.7 Å². The van der Waals surface area contributed by atoms with Crippen LogP contribution in [0.15, 0.2) is 0 Å². The van der Waals surface area contributed by atoms with Gasteiger partial charge in [-0.15, -0.1) is 0 Å². The second-order valence-electron chi connectivity index (χ2n) is 8.07. The molecule has 0 spiro atoms. The van der Waals surface area contributed by atoms with Gasteiger partial charge in [-0.25, -0.2) is 4.79 Å². The Labute approximate surface area is 137 Å². The van der Waals surface area contributed by atoms with Crippen LogP contribution >= 0.6 is 0 Å². The molecule has 0 aromatic rings. The van der Waals surface area contributed by atoms with E-state index in [2.05, 4.69) is 19.2 Å². The summed E-state index contributed by atoms with van der Waals surface area (Å²) >= 11 is 0. The van der Waals surface area contributed by atoms with E-state index in [9.17, 15) is 4.79 Å². The highest BCUT2D eigenvalue weighted by Gasteiger charge is 2.23. The normalized spacial score (nSPS) is 22.7. The molecule has 0 unspecified atom stereocenters. The maximum Gasteiger partial charge on any atom is 0.410 e. The molecule has 0 aliphatic heterocycles. The Balaban J connectivity index is 2.12. The Morgan fingerprint density at radius 1 is 1.23 bits per heavy atom. The second kappa shape index (κ2) is 8.76. The third-order valence-electron chi connectivity index (χ3n) is 4.52. The van der Waals surface area contributed by atoms with Crippen molar-refractivity contribution in [3.8, 4) is 0 Å². The van der Waals surface area contributed by atoms with Crippen molar-refractivity contribution in [3.63, 3.8) is 0 Å². The maximum atomic E-state index is 11.8. The minimum absolute atomic E-state index is 0.232. The lowest BCUT2D eigenvalue weighted by Crippen LogP contribution is -2.38. The summed E-state index contributed by atoms with van der Waals surface area (Å²) in [4.78, 5) is 13.5. The van der Waals surface area contributed by atoms with E-state index in [4.69, 9.17) is 4.74 Å². The van der Waals surface area contributed by atoms with Crippen molar-refractivity contribution in [2.75, 3.05) is 20.1 Å². The van der Waals surface area contributed by atoms with Gasteiger partial charge in [0.1, 0.15) is 5.60 Å². The molecule has 1 rings (SSSR count). The van der Waals surface area contributed by atoms with Crippen LogP contribution in [0.2, 0.25) is 0 Å². The van der Waals surface area contributed by atoms with Crippen LogP contribution in [-0.4, -0.2) is 42.8 Å². The van der Waals surface area contributed by atoms with E-state index >= 15 is 0 Å². The predicted octanol–water partition coefficient (Wildman–Crippen LogP) is 4.05. The molecule has 0 bridgehead atoms. The number of ether oxygens (including phenoxy) is 1. The first-order chi connectivity index (χ1) is 10.2. The molecule has 1 aliphatic rings. The van der Waals surface area contributed by atoms with Gasteiger partial charge >= 0.3 is 6.09 Å². The Morgan fingerprint density at radius 2 is 1.82 bits per heavy atom. The number of nitrogens with zero attached hydrogens (tertiary/aromatic N) is 1. The molecule has 130 valence electrons. The number of amides is 1. The number of carbonyl (C=O) groups is 1. The van der Waals surface area contributed by atoms with E-state index in [1.807, 2.05) is 27.8 Å². The van der Waals surface area contributed by atoms with Gasteiger partial charge in [0.25, 0.3) is 0 Å². The summed E-state index contributed by atoms with van der Waals surface area (Å²) in [5.41, 5.74) is -0.418. The molecule has 1 aliphatic carbocycles. The van der Waals surface area contributed by atoms with E-state index < -0.39 is 5.60 Å². The van der Waals surface area contributed by atoms with Crippen molar-refractivity contribution >= 4 is 6.09 Å². The summed E-state index contributed by atoms with van der Waals surface area (Å²) in [5, 5.41) is 3.64. The Morgan fingerprint density at radius 3 is 2.32 bits per heavy atom. The zero-order valence-electron chi connectivity index (χ0n) is 15.4. The lowest BCUT2D eigenvalue weighted by molar-refractivity contribution is 0.0297. The fourth-order valence-corrected chi connectivity index (χ4v) is 3.04. The van der Waals surface area contributed by atoms with Gasteiger partial charge in [0.05, 0.1) is 0 Å². The Kier molecular flexibility index (Phi) is 7.67. The van der Waals surface area contributed by atoms with E-state index in [-0.39, 0.29) is 6.09 Å². The van der Waals surface area contributed by atoms with Crippen molar-refractivity contribution in [1.29, 1.82) is 0 Å². The molecule has 0 aromatic carbocycles. The third kappa shape index (κ3) is 7.48. The SMILES string of the molecule is CC(C)C1CCC(NCCCN(C)C(=O)OC(C)(C)C)CC1. The maximum absolute atomic E-state index is 11.8. The fourth-order valence-electron chi connectivity index (χ4n) is 3.04. The van der Waals surface area contributed by atoms with Gasteiger partial charge in [-0.05, 0) is 71.3 Å². The van der Waals surface area contributed by atoms with Crippen molar-refractivity contribution in [2.24, 2.45) is 11.8 Å². The number of carbonyl (C=O) groups excluding carboxylic acids is 1. The summed E-state index contributed by atoms with van der Waals surface area (Å²) in [5.74, 6) is 1.74. The molecule has 4 nitrogen and oxygen atoms in total. The van der Waals surface area contributed by atoms with Crippen molar-refractivity contribution in [3.05, 3.63) is 0 Å². The highest BCUT2D eigenvalue weighted by Crippen LogP contribution is 2.29. The molecule has 0 saturated heterocycles. The van der Waals surface area contributed by atoms with Crippen LogP contribution in [0.3, 0.4) is 0 Å². The molecule has 0 heterocycles. The van der Waals surface area contributed by atoms with E-state index in [0.29, 0.717) is 6.04 Å². The molecule has 1 N–H and O–H groups in total. The van der Waals surface area contributed by atoms with Gasteiger partial charge in [-0.2, -0.15) is 0 Å². The van der Waals surface area contributed by atoms with Gasteiger partial charge in [-0.3, -0.25) is 0 Å². The highest BCUT2D eigenvalue weighted by atomic mass is 16.6. The van der Waals surface area contributed by atoms with Crippen LogP contribution in [-0.2, 0) is 4.74 Å². The number of hydrogen-bond acceptors (Lipinski definition) is 3. The van der Waals surface area contributed by atoms with Crippen molar-refractivity contribution in [2.45, 2.75) is 78.4 Å². The summed E-state index contributed by atoms with van der Waals surface area (Å²) in [7, 11) is 1.81. The summed E-state index contributed by atoms with van der Waals surface area (Å²) in [6.07, 6.45) is 6.04. The molecule has 1 saturated carbocycles. The quantitative estimate of drug-likeness (QED) is 0.752. The molecule has 0 aromatic heterocycles. The van der Waals surface area contributed by atoms with Crippen molar-refractivity contribution in [1.82, 2.24) is 10.2 Å². The molecule has 4 heteroatoms. The van der Waals surface area contributed by atoms with Crippen LogP contribution in [0.1, 0.15) is 66.7 Å². The lowest BCUT2D eigenvalue weighted by Gasteiger charge is -2.31. The van der Waals surface area contributed by atoms with Gasteiger partial charge in [0.2, 0.25) is 0 Å². The van der Waals surface area contributed by atoms with Gasteiger partial charge in [0, 0.05) is 19.6 Å². The lowest BCUT2D eigenvalue weighted by atomic mass is 9.80. The molecule has 1 amide bonds. The van der Waals surface area contributed by atoms with Crippen LogP contribution in [0.25, 0.3) is 0 Å². The number of rotatable bonds is 6. The molecular formula is C18H36N2O2. The third-order valence-corrected chi connectivity index (χ3v) is 4.52. The summed E-state index contributed by atoms with van der Waals surface area (Å²) in [6.45, 7) is 12.1. The highest BCUT2D eigenvalue weighted by molar-refractivity contribution is 5.67. The van der Waals surface area contributed by atoms with Crippen LogP contribution in [0, 0.1) is 11.8 Å². The van der Waals surface area contributed by atoms with Gasteiger partial charge in [0.15, 0.2) is 0 Å². The Bertz CT molecular complexity index is 328. The zero-order valence-corrected chi connectivity index (χ0v) is 15.4. The smallest absolute Gasteiger partial charge is 0.410 e. The molecule has 0 atom stereocenters. The van der Waals surface area contributed by atoms with Gasteiger partial charge in [-0.1, -0.05) is 13.8 Å². The average Bonchev–Trinajstić information content (AvgIpc) is 2.42. The minimum atomic E-state index is -0.418. The topological polar surface area (TPSA) is 41.6 Å². The van der Waals surface area contributed by atoms with Gasteiger partial charge < -0.3 is 15.0 Å².